The summed E-state index contributed by atoms with van der Waals surface area (Å²) >= 11 is 0. The summed E-state index contributed by atoms with van der Waals surface area (Å²) in [5.41, 5.74) is 0. The van der Waals surface area contributed by atoms with Gasteiger partial charge < -0.3 is 0 Å². The summed E-state index contributed by atoms with van der Waals surface area (Å²) in [6.45, 7) is 0. The Morgan fingerprint density at radius 2 is 1.04 bits per heavy atom. The second kappa shape index (κ2) is 8.72. The van der Waals surface area contributed by atoms with Crippen LogP contribution in [0.4, 0.5) is 0 Å². The molecule has 0 aliphatic heterocycles. The van der Waals surface area contributed by atoms with Gasteiger partial charge in [0, 0.05) is 9.79 Å². The van der Waals surface area contributed by atoms with Gasteiger partial charge in [-0.25, -0.2) is 0 Å². The van der Waals surface area contributed by atoms with Crippen LogP contribution in [0.2, 0.25) is 0 Å². The van der Waals surface area contributed by atoms with Gasteiger partial charge in [0.25, 0.3) is 15.3 Å². The van der Waals surface area contributed by atoms with Crippen LogP contribution in [0.1, 0.15) is 0 Å². The van der Waals surface area contributed by atoms with E-state index in [-0.39, 0.29) is 17.2 Å². The molecule has 14 heteroatoms. The molecule has 0 aliphatic carbocycles. The van der Waals surface area contributed by atoms with Crippen molar-refractivity contribution in [2.75, 3.05) is 0 Å². The van der Waals surface area contributed by atoms with E-state index in [1.165, 1.54) is 35.1 Å². The molecule has 0 aliphatic rings. The first kappa shape index (κ1) is 19.1. The third-order valence-corrected chi connectivity index (χ3v) is 4.83. The van der Waals surface area contributed by atoms with E-state index >= 15 is 0 Å². The van der Waals surface area contributed by atoms with Crippen molar-refractivity contribution in [2.24, 2.45) is 0 Å². The van der Waals surface area contributed by atoms with Crippen LogP contribution >= 0.6 is 21.6 Å². The predicted octanol–water partition coefficient (Wildman–Crippen LogP) is 3.20. The Balaban J connectivity index is 2.10. The smallest absolute Gasteiger partial charge is 0.276 e. The normalized spacial score (nSPS) is 10.0. The molecule has 2 rings (SSSR count). The lowest BCUT2D eigenvalue weighted by molar-refractivity contribution is -0.713. The van der Waals surface area contributed by atoms with Gasteiger partial charge in [-0.05, 0) is 42.5 Å². The molecule has 2 aromatic carbocycles. The molecule has 0 aromatic heterocycles. The lowest BCUT2D eigenvalue weighted by atomic mass is 10.3. The van der Waals surface area contributed by atoms with Gasteiger partial charge in [0.2, 0.25) is 0 Å². The van der Waals surface area contributed by atoms with Gasteiger partial charge >= 0.3 is 0 Å². The number of hydrogen-bond acceptors (Lipinski definition) is 11. The van der Waals surface area contributed by atoms with Crippen LogP contribution in [-0.2, 0) is 0 Å². The first-order valence-corrected chi connectivity index (χ1v) is 8.53. The summed E-state index contributed by atoms with van der Waals surface area (Å²) < 4.78 is 0. The van der Waals surface area contributed by atoms with Crippen molar-refractivity contribution in [2.45, 2.75) is 9.79 Å². The lowest BCUT2D eigenvalue weighted by Crippen LogP contribution is -2.06. The summed E-state index contributed by atoms with van der Waals surface area (Å²) in [6, 6.07) is 9.50. The van der Waals surface area contributed by atoms with E-state index in [9.17, 15) is 30.3 Å². The highest BCUT2D eigenvalue weighted by atomic mass is 33.1. The maximum atomic E-state index is 10.4. The summed E-state index contributed by atoms with van der Waals surface area (Å²) in [4.78, 5) is 45.1. The first-order valence-electron chi connectivity index (χ1n) is 6.38. The molecule has 0 heterocycles. The molecule has 136 valence electrons. The highest BCUT2D eigenvalue weighted by Gasteiger charge is 2.10. The predicted molar refractivity (Wildman–Crippen MR) is 87.5 cm³/mol. The van der Waals surface area contributed by atoms with Crippen molar-refractivity contribution in [3.8, 4) is 17.2 Å². The lowest BCUT2D eigenvalue weighted by Gasteiger charge is -2.07. The van der Waals surface area contributed by atoms with Crippen LogP contribution in [0.5, 0.6) is 17.2 Å². The Kier molecular flexibility index (Phi) is 6.40. The SMILES string of the molecule is O=[N+]([O-])Oc1ccc(SSc2cc(O[N+](=O)[O-])cc(O[N+](=O)[O-])c2)cc1. The molecule has 0 saturated carbocycles. The maximum absolute atomic E-state index is 10.4. The molecular formula is C12H7N3O9S2. The van der Waals surface area contributed by atoms with E-state index in [2.05, 4.69) is 14.5 Å². The van der Waals surface area contributed by atoms with E-state index in [4.69, 9.17) is 0 Å². The third kappa shape index (κ3) is 6.33. The summed E-state index contributed by atoms with van der Waals surface area (Å²) in [6.07, 6.45) is 0. The molecule has 0 spiro atoms. The zero-order chi connectivity index (χ0) is 19.1. The second-order valence-corrected chi connectivity index (χ2v) is 6.50. The number of benzene rings is 2. The molecule has 0 saturated heterocycles. The van der Waals surface area contributed by atoms with Crippen molar-refractivity contribution in [3.05, 3.63) is 72.8 Å². The van der Waals surface area contributed by atoms with Crippen LogP contribution in [0.3, 0.4) is 0 Å². The van der Waals surface area contributed by atoms with Crippen LogP contribution in [0.15, 0.2) is 52.3 Å². The van der Waals surface area contributed by atoms with Crippen LogP contribution in [0.25, 0.3) is 0 Å². The Morgan fingerprint density at radius 3 is 1.50 bits per heavy atom. The molecule has 2 aromatic rings. The largest absolute Gasteiger partial charge is 0.299 e. The van der Waals surface area contributed by atoms with Crippen molar-refractivity contribution >= 4 is 21.6 Å². The molecule has 0 atom stereocenters. The fraction of sp³-hybridized carbons (Fsp3) is 0. The van der Waals surface area contributed by atoms with Gasteiger partial charge in [0.05, 0.1) is 0 Å². The fourth-order valence-electron chi connectivity index (χ4n) is 1.61. The number of nitrogens with zero attached hydrogens (tertiary/aromatic N) is 3. The van der Waals surface area contributed by atoms with E-state index in [1.54, 1.807) is 12.1 Å². The molecule has 0 radical (unpaired) electrons. The van der Waals surface area contributed by atoms with E-state index in [0.717, 1.165) is 16.9 Å². The summed E-state index contributed by atoms with van der Waals surface area (Å²) in [5.74, 6) is -0.438. The molecule has 0 unspecified atom stereocenters. The van der Waals surface area contributed by atoms with Gasteiger partial charge in [-0.15, -0.1) is 30.3 Å². The molecular weight excluding hydrogens is 394 g/mol. The highest BCUT2D eigenvalue weighted by Crippen LogP contribution is 2.40. The Hall–Kier alpha value is -3.26. The minimum atomic E-state index is -1.05. The van der Waals surface area contributed by atoms with E-state index < -0.39 is 15.3 Å². The standard InChI is InChI=1S/C12H7N3O9S2/c16-13(17)22-8-1-3-11(4-2-8)25-26-12-6-9(23-14(18)19)5-10(7-12)24-15(20)21/h1-7H. The van der Waals surface area contributed by atoms with Gasteiger partial charge in [0.15, 0.2) is 0 Å². The zero-order valence-corrected chi connectivity index (χ0v) is 14.0. The van der Waals surface area contributed by atoms with Crippen molar-refractivity contribution in [1.29, 1.82) is 0 Å². The highest BCUT2D eigenvalue weighted by molar-refractivity contribution is 8.76. The summed E-state index contributed by atoms with van der Waals surface area (Å²) in [5, 5.41) is 28.1. The molecule has 0 N–H and O–H groups in total. The van der Waals surface area contributed by atoms with Gasteiger partial charge in [-0.3, -0.25) is 14.5 Å². The minimum absolute atomic E-state index is 0.0485. The average molecular weight is 401 g/mol. The monoisotopic (exact) mass is 401 g/mol. The minimum Gasteiger partial charge on any atom is -0.276 e. The van der Waals surface area contributed by atoms with E-state index in [0.29, 0.717) is 9.79 Å². The van der Waals surface area contributed by atoms with Crippen molar-refractivity contribution < 1.29 is 29.8 Å². The van der Waals surface area contributed by atoms with Crippen molar-refractivity contribution in [1.82, 2.24) is 0 Å². The van der Waals surface area contributed by atoms with Crippen LogP contribution in [-0.4, -0.2) is 15.3 Å². The van der Waals surface area contributed by atoms with E-state index in [1.807, 2.05) is 0 Å². The molecule has 12 nitrogen and oxygen atoms in total. The van der Waals surface area contributed by atoms with Crippen LogP contribution in [0, 0.1) is 30.3 Å². The molecule has 0 amide bonds. The number of hydrogen-bond donors (Lipinski definition) is 0. The van der Waals surface area contributed by atoms with Gasteiger partial charge in [-0.1, -0.05) is 21.6 Å². The average Bonchev–Trinajstić information content (AvgIpc) is 2.52. The van der Waals surface area contributed by atoms with Gasteiger partial charge in [-0.2, -0.15) is 0 Å². The first-order chi connectivity index (χ1) is 12.3. The van der Waals surface area contributed by atoms with Crippen molar-refractivity contribution in [3.63, 3.8) is 0 Å². The fourth-order valence-corrected chi connectivity index (χ4v) is 3.58. The summed E-state index contributed by atoms with van der Waals surface area (Å²) in [7, 11) is 2.31. The molecule has 0 fully saturated rings. The Labute approximate surface area is 151 Å². The quantitative estimate of drug-likeness (QED) is 0.345. The topological polar surface area (TPSA) is 157 Å². The Morgan fingerprint density at radius 1 is 0.615 bits per heavy atom. The third-order valence-electron chi connectivity index (χ3n) is 2.45. The molecule has 0 bridgehead atoms. The molecule has 26 heavy (non-hydrogen) atoms. The number of rotatable bonds is 9. The van der Waals surface area contributed by atoms with Crippen LogP contribution < -0.4 is 14.5 Å². The van der Waals surface area contributed by atoms with Gasteiger partial charge in [0.1, 0.15) is 17.2 Å². The zero-order valence-electron chi connectivity index (χ0n) is 12.4. The maximum Gasteiger partial charge on any atom is 0.299 e. The Bertz CT molecular complexity index is 797. The second-order valence-electron chi connectivity index (χ2n) is 4.22.